The first kappa shape index (κ1) is 25.4. The summed E-state index contributed by atoms with van der Waals surface area (Å²) >= 11 is 4.42. The number of aliphatic imine (C=N–C) groups is 1. The van der Waals surface area contributed by atoms with Gasteiger partial charge in [-0.05, 0) is 43.0 Å². The first-order valence-electron chi connectivity index (χ1n) is 10.3. The number of carbonyl (C=O) groups is 1. The van der Waals surface area contributed by atoms with Crippen molar-refractivity contribution in [2.24, 2.45) is 10.7 Å². The van der Waals surface area contributed by atoms with E-state index < -0.39 is 0 Å². The Morgan fingerprint density at radius 3 is 2.67 bits per heavy atom. The van der Waals surface area contributed by atoms with Crippen molar-refractivity contribution in [2.75, 3.05) is 18.8 Å². The van der Waals surface area contributed by atoms with Crippen LogP contribution in [0.25, 0.3) is 0 Å². The minimum Gasteiger partial charge on any atom is -0.398 e. The van der Waals surface area contributed by atoms with Crippen LogP contribution < -0.4 is 11.5 Å². The number of carbonyl (C=O) groups excluding carboxylic acids is 1. The molecule has 0 spiro atoms. The summed E-state index contributed by atoms with van der Waals surface area (Å²) in [6, 6.07) is 5.53. The summed E-state index contributed by atoms with van der Waals surface area (Å²) in [5.41, 5.74) is 14.6. The van der Waals surface area contributed by atoms with Gasteiger partial charge in [0.15, 0.2) is 0 Å². The number of benzene rings is 1. The third-order valence-corrected chi connectivity index (χ3v) is 4.92. The number of rotatable bonds is 12. The molecule has 0 aliphatic heterocycles. The van der Waals surface area contributed by atoms with E-state index in [1.807, 2.05) is 31.2 Å². The Labute approximate surface area is 186 Å². The van der Waals surface area contributed by atoms with Crippen molar-refractivity contribution in [3.05, 3.63) is 48.2 Å². The zero-order valence-electron chi connectivity index (χ0n) is 18.1. The normalized spacial score (nSPS) is 12.9. The molecule has 5 nitrogen and oxygen atoms in total. The first-order chi connectivity index (χ1) is 14.4. The molecule has 4 N–H and O–H groups in total. The van der Waals surface area contributed by atoms with E-state index in [0.29, 0.717) is 42.9 Å². The second-order valence-electron chi connectivity index (χ2n) is 7.07. The van der Waals surface area contributed by atoms with Crippen LogP contribution in [0.2, 0.25) is 0 Å². The highest BCUT2D eigenvalue weighted by atomic mass is 32.1. The number of nitrogen functional groups attached to an aromatic ring is 1. The number of thiol groups is 1. The van der Waals surface area contributed by atoms with Crippen molar-refractivity contribution in [1.29, 1.82) is 0 Å². The molecule has 1 aromatic carbocycles. The van der Waals surface area contributed by atoms with Gasteiger partial charge < -0.3 is 16.4 Å². The zero-order valence-corrected chi connectivity index (χ0v) is 19.0. The number of nitrogens with zero attached hydrogens (tertiary/aromatic N) is 2. The highest BCUT2D eigenvalue weighted by Crippen LogP contribution is 2.27. The largest absolute Gasteiger partial charge is 0.398 e. The Balaban J connectivity index is 3.23. The van der Waals surface area contributed by atoms with Gasteiger partial charge in [0, 0.05) is 35.8 Å². The van der Waals surface area contributed by atoms with Crippen LogP contribution in [0, 0.1) is 12.3 Å². The fourth-order valence-corrected chi connectivity index (χ4v) is 3.25. The lowest BCUT2D eigenvalue weighted by Crippen LogP contribution is -2.36. The molecule has 0 heterocycles. The summed E-state index contributed by atoms with van der Waals surface area (Å²) in [6.07, 6.45) is 12.5. The van der Waals surface area contributed by atoms with Gasteiger partial charge in [-0.3, -0.25) is 9.79 Å². The molecule has 1 atom stereocenters. The van der Waals surface area contributed by atoms with E-state index in [-0.39, 0.29) is 17.6 Å². The molecule has 162 valence electrons. The standard InChI is InChI=1S/C24H34N4OS/c1-5-9-15-28(14-8-4)24(29)21(26)17-19(10-6-2)27-22(11-7-3)18-12-13-20(25)23(30)16-18/h1,7,12-13,16-17,22,30H,3,6,8-11,14-15,25-26H2,2,4H3/b21-17-,27-19?. The van der Waals surface area contributed by atoms with Crippen LogP contribution in [0.15, 0.2) is 52.5 Å². The van der Waals surface area contributed by atoms with Crippen LogP contribution in [0.3, 0.4) is 0 Å². The van der Waals surface area contributed by atoms with E-state index in [1.54, 1.807) is 11.0 Å². The van der Waals surface area contributed by atoms with E-state index in [4.69, 9.17) is 22.9 Å². The maximum atomic E-state index is 12.8. The van der Waals surface area contributed by atoms with Crippen LogP contribution >= 0.6 is 12.6 Å². The lowest BCUT2D eigenvalue weighted by molar-refractivity contribution is -0.127. The predicted molar refractivity (Wildman–Crippen MR) is 131 cm³/mol. The van der Waals surface area contributed by atoms with Gasteiger partial charge in [0.1, 0.15) is 0 Å². The van der Waals surface area contributed by atoms with Gasteiger partial charge in [0.2, 0.25) is 0 Å². The fourth-order valence-electron chi connectivity index (χ4n) is 3.03. The predicted octanol–water partition coefficient (Wildman–Crippen LogP) is 4.52. The molecular formula is C24H34N4OS. The molecule has 1 aromatic rings. The topological polar surface area (TPSA) is 84.7 Å². The molecule has 0 aliphatic rings. The number of allylic oxidation sites excluding steroid dienone is 1. The Morgan fingerprint density at radius 2 is 2.10 bits per heavy atom. The third kappa shape index (κ3) is 8.00. The van der Waals surface area contributed by atoms with Crippen molar-refractivity contribution in [3.63, 3.8) is 0 Å². The van der Waals surface area contributed by atoms with Crippen molar-refractivity contribution < 1.29 is 4.79 Å². The summed E-state index contributed by atoms with van der Waals surface area (Å²) in [5.74, 6) is 2.37. The van der Waals surface area contributed by atoms with Crippen LogP contribution in [0.4, 0.5) is 5.69 Å². The molecule has 1 unspecified atom stereocenters. The first-order valence-corrected chi connectivity index (χ1v) is 10.8. The van der Waals surface area contributed by atoms with E-state index in [1.165, 1.54) is 0 Å². The molecule has 30 heavy (non-hydrogen) atoms. The van der Waals surface area contributed by atoms with Gasteiger partial charge in [0.25, 0.3) is 5.91 Å². The molecular weight excluding hydrogens is 392 g/mol. The Morgan fingerprint density at radius 1 is 1.37 bits per heavy atom. The van der Waals surface area contributed by atoms with Gasteiger partial charge in [-0.2, -0.15) is 0 Å². The monoisotopic (exact) mass is 426 g/mol. The lowest BCUT2D eigenvalue weighted by Gasteiger charge is -2.21. The molecule has 1 amide bonds. The molecule has 0 saturated heterocycles. The molecule has 0 fully saturated rings. The number of anilines is 1. The van der Waals surface area contributed by atoms with Crippen molar-refractivity contribution in [3.8, 4) is 12.3 Å². The summed E-state index contributed by atoms with van der Waals surface area (Å²) in [7, 11) is 0. The van der Waals surface area contributed by atoms with E-state index in [0.717, 1.165) is 24.1 Å². The lowest BCUT2D eigenvalue weighted by atomic mass is 10.0. The summed E-state index contributed by atoms with van der Waals surface area (Å²) in [4.78, 5) is 20.1. The number of hydrogen-bond donors (Lipinski definition) is 3. The van der Waals surface area contributed by atoms with Gasteiger partial charge in [0.05, 0.1) is 11.7 Å². The Hall–Kier alpha value is -2.65. The second-order valence-corrected chi connectivity index (χ2v) is 7.56. The second kappa shape index (κ2) is 13.6. The van der Waals surface area contributed by atoms with Gasteiger partial charge >= 0.3 is 0 Å². The van der Waals surface area contributed by atoms with Crippen LogP contribution in [-0.4, -0.2) is 29.6 Å². The quantitative estimate of drug-likeness (QED) is 0.115. The van der Waals surface area contributed by atoms with Crippen LogP contribution in [0.1, 0.15) is 57.6 Å². The van der Waals surface area contributed by atoms with Gasteiger partial charge in [-0.25, -0.2) is 0 Å². The number of nitrogens with two attached hydrogens (primary N) is 2. The Bertz CT molecular complexity index is 823. The van der Waals surface area contributed by atoms with E-state index >= 15 is 0 Å². The van der Waals surface area contributed by atoms with Crippen LogP contribution in [0.5, 0.6) is 0 Å². The van der Waals surface area contributed by atoms with E-state index in [2.05, 4.69) is 32.1 Å². The maximum absolute atomic E-state index is 12.8. The van der Waals surface area contributed by atoms with Crippen molar-refractivity contribution >= 4 is 29.9 Å². The molecule has 0 aliphatic carbocycles. The molecule has 0 bridgehead atoms. The molecule has 1 rings (SSSR count). The highest BCUT2D eigenvalue weighted by molar-refractivity contribution is 7.80. The summed E-state index contributed by atoms with van der Waals surface area (Å²) < 4.78 is 0. The minimum absolute atomic E-state index is 0.150. The number of hydrogen-bond acceptors (Lipinski definition) is 5. The van der Waals surface area contributed by atoms with Crippen molar-refractivity contribution in [1.82, 2.24) is 4.90 Å². The van der Waals surface area contributed by atoms with E-state index in [9.17, 15) is 4.79 Å². The Kier molecular flexibility index (Phi) is 11.5. The number of terminal acetylenes is 1. The SMILES string of the molecule is C#CCCN(CCC)C(=O)/C(N)=C/C(CCC)=NC(CC=C)c1ccc(N)c(S)c1. The molecule has 6 heteroatoms. The average Bonchev–Trinajstić information content (AvgIpc) is 2.72. The minimum atomic E-state index is -0.207. The molecule has 0 radical (unpaired) electrons. The summed E-state index contributed by atoms with van der Waals surface area (Å²) in [5, 5.41) is 0. The third-order valence-electron chi connectivity index (χ3n) is 4.53. The van der Waals surface area contributed by atoms with Gasteiger partial charge in [-0.1, -0.05) is 32.4 Å². The average molecular weight is 427 g/mol. The fraction of sp³-hybridized carbons (Fsp3) is 0.417. The molecule has 0 aromatic heterocycles. The van der Waals surface area contributed by atoms with Gasteiger partial charge in [-0.15, -0.1) is 31.6 Å². The van der Waals surface area contributed by atoms with Crippen molar-refractivity contribution in [2.45, 2.75) is 56.9 Å². The maximum Gasteiger partial charge on any atom is 0.269 e. The molecule has 0 saturated carbocycles. The summed E-state index contributed by atoms with van der Waals surface area (Å²) in [6.45, 7) is 9.04. The number of amides is 1. The highest BCUT2D eigenvalue weighted by Gasteiger charge is 2.16. The zero-order chi connectivity index (χ0) is 22.5. The van der Waals surface area contributed by atoms with Crippen LogP contribution in [-0.2, 0) is 4.79 Å². The smallest absolute Gasteiger partial charge is 0.269 e.